The molecule has 0 aliphatic rings. The van der Waals surface area contributed by atoms with E-state index >= 15 is 0 Å². The monoisotopic (exact) mass is 772 g/mol. The Hall–Kier alpha value is -1.51. The molecule has 0 amide bonds. The Balaban J connectivity index is -0.00000403. The molecule has 0 aromatic heterocycles. The normalized spacial score (nSPS) is 11.5. The van der Waals surface area contributed by atoms with E-state index in [0.717, 1.165) is 64.1 Å². The number of carboxylic acid groups (broad SMARTS) is 1. The van der Waals surface area contributed by atoms with Gasteiger partial charge in [0.15, 0.2) is 0 Å². The quantitative estimate of drug-likeness (QED) is 0.0360. The number of hydrogen-bond donors (Lipinski definition) is 2. The number of unbranched alkanes of at least 4 members (excludes halogenated alkanes) is 21. The van der Waals surface area contributed by atoms with Gasteiger partial charge >= 0.3 is 5.97 Å². The molecule has 0 bridgehead atoms. The lowest BCUT2D eigenvalue weighted by Gasteiger charge is -2.21. The standard InChI is InChI=1S/C43H87NO4.C2H4O.CH2O2/c1-5-7-9-11-17-25-33-42(34-26-18-12-10-8-6-2)48-43(46)35-27-19-15-20-28-36-44(38-39-45)37-29-22-24-32-41(3)31-23-16-13-14-21-30-40-47-4;1-2-3;2-1-3/h41-42,45H,5-40H2,1-4H3;2H,1H3;1H,(H,2,3). The zero-order valence-electron chi connectivity index (χ0n) is 36.6. The highest BCUT2D eigenvalue weighted by Crippen LogP contribution is 2.20. The highest BCUT2D eigenvalue weighted by Gasteiger charge is 2.14. The average Bonchev–Trinajstić information content (AvgIpc) is 3.15. The zero-order valence-corrected chi connectivity index (χ0v) is 36.6. The van der Waals surface area contributed by atoms with Crippen LogP contribution in [0.15, 0.2) is 0 Å². The molecular formula is C46H93NO7. The molecule has 1 atom stereocenters. The van der Waals surface area contributed by atoms with Crippen LogP contribution < -0.4 is 0 Å². The average molecular weight is 772 g/mol. The van der Waals surface area contributed by atoms with Gasteiger partial charge in [-0.1, -0.05) is 162 Å². The van der Waals surface area contributed by atoms with Crippen molar-refractivity contribution in [2.45, 2.75) is 233 Å². The van der Waals surface area contributed by atoms with E-state index in [-0.39, 0.29) is 25.2 Å². The molecule has 8 heteroatoms. The maximum atomic E-state index is 12.7. The van der Waals surface area contributed by atoms with Crippen LogP contribution in [0.25, 0.3) is 0 Å². The number of rotatable bonds is 40. The fraction of sp³-hybridized carbons (Fsp3) is 0.935. The van der Waals surface area contributed by atoms with E-state index in [1.807, 2.05) is 0 Å². The topological polar surface area (TPSA) is 113 Å². The smallest absolute Gasteiger partial charge is 0.306 e. The second-order valence-electron chi connectivity index (χ2n) is 15.5. The van der Waals surface area contributed by atoms with Crippen LogP contribution in [-0.4, -0.2) is 79.9 Å². The lowest BCUT2D eigenvalue weighted by molar-refractivity contribution is -0.150. The summed E-state index contributed by atoms with van der Waals surface area (Å²) in [5.41, 5.74) is 0. The van der Waals surface area contributed by atoms with Crippen LogP contribution in [-0.2, 0) is 23.9 Å². The Labute approximate surface area is 335 Å². The summed E-state index contributed by atoms with van der Waals surface area (Å²) in [5.74, 6) is 0.885. The largest absolute Gasteiger partial charge is 0.483 e. The lowest BCUT2D eigenvalue weighted by atomic mass is 9.96. The summed E-state index contributed by atoms with van der Waals surface area (Å²) in [7, 11) is 1.79. The first-order valence-corrected chi connectivity index (χ1v) is 22.9. The molecule has 0 fully saturated rings. The van der Waals surface area contributed by atoms with Gasteiger partial charge in [0.1, 0.15) is 12.4 Å². The van der Waals surface area contributed by atoms with Gasteiger partial charge in [-0.3, -0.25) is 9.59 Å². The summed E-state index contributed by atoms with van der Waals surface area (Å²) in [6.45, 7) is 12.3. The van der Waals surface area contributed by atoms with E-state index < -0.39 is 0 Å². The SMILES string of the molecule is CC=O.CCCCCCCCC(CCCCCCCC)OC(=O)CCCCCCCN(CCO)CCCCCC(C)CCCCCCCCOC.O=CO. The summed E-state index contributed by atoms with van der Waals surface area (Å²) >= 11 is 0. The van der Waals surface area contributed by atoms with Crippen molar-refractivity contribution in [2.75, 3.05) is 40.0 Å². The van der Waals surface area contributed by atoms with Crippen molar-refractivity contribution >= 4 is 18.7 Å². The predicted octanol–water partition coefficient (Wildman–Crippen LogP) is 12.5. The van der Waals surface area contributed by atoms with Crippen LogP contribution in [0.3, 0.4) is 0 Å². The molecule has 0 aromatic carbocycles. The van der Waals surface area contributed by atoms with Crippen LogP contribution in [0.1, 0.15) is 227 Å². The third kappa shape index (κ3) is 50.5. The van der Waals surface area contributed by atoms with Crippen LogP contribution in [0.5, 0.6) is 0 Å². The van der Waals surface area contributed by atoms with Gasteiger partial charge in [0, 0.05) is 26.7 Å². The lowest BCUT2D eigenvalue weighted by Crippen LogP contribution is -2.29. The number of aliphatic hydroxyl groups is 1. The molecule has 1 unspecified atom stereocenters. The minimum Gasteiger partial charge on any atom is -0.483 e. The molecule has 0 saturated heterocycles. The number of carbonyl (C=O) groups is 3. The van der Waals surface area contributed by atoms with Crippen molar-refractivity contribution in [1.29, 1.82) is 0 Å². The van der Waals surface area contributed by atoms with Crippen molar-refractivity contribution < 1.29 is 34.1 Å². The molecule has 0 saturated carbocycles. The first kappa shape index (κ1) is 56.8. The van der Waals surface area contributed by atoms with Crippen molar-refractivity contribution in [1.82, 2.24) is 4.90 Å². The van der Waals surface area contributed by atoms with Gasteiger partial charge in [0.05, 0.1) is 6.61 Å². The molecule has 0 radical (unpaired) electrons. The van der Waals surface area contributed by atoms with Gasteiger partial charge < -0.3 is 29.4 Å². The molecule has 54 heavy (non-hydrogen) atoms. The first-order chi connectivity index (χ1) is 26.4. The Morgan fingerprint density at radius 2 is 0.963 bits per heavy atom. The van der Waals surface area contributed by atoms with E-state index in [2.05, 4.69) is 25.7 Å². The van der Waals surface area contributed by atoms with Crippen LogP contribution in [0.2, 0.25) is 0 Å². The Morgan fingerprint density at radius 3 is 1.41 bits per heavy atom. The Morgan fingerprint density at radius 1 is 0.593 bits per heavy atom. The van der Waals surface area contributed by atoms with Gasteiger partial charge in [-0.15, -0.1) is 0 Å². The fourth-order valence-electron chi connectivity index (χ4n) is 7.02. The molecular weight excluding hydrogens is 679 g/mol. The first-order valence-electron chi connectivity index (χ1n) is 22.9. The van der Waals surface area contributed by atoms with Gasteiger partial charge in [-0.2, -0.15) is 0 Å². The second kappa shape index (κ2) is 51.5. The van der Waals surface area contributed by atoms with E-state index in [4.69, 9.17) is 24.2 Å². The third-order valence-corrected chi connectivity index (χ3v) is 10.3. The third-order valence-electron chi connectivity index (χ3n) is 10.3. The van der Waals surface area contributed by atoms with Crippen LogP contribution in [0, 0.1) is 5.92 Å². The molecule has 2 N–H and O–H groups in total. The Bertz CT molecular complexity index is 701. The number of ether oxygens (including phenoxy) is 2. The van der Waals surface area contributed by atoms with Gasteiger partial charge in [-0.25, -0.2) is 0 Å². The van der Waals surface area contributed by atoms with Crippen LogP contribution in [0.4, 0.5) is 0 Å². The number of nitrogens with zero attached hydrogens (tertiary/aromatic N) is 1. The molecule has 0 heterocycles. The number of esters is 1. The molecule has 0 rings (SSSR count). The summed E-state index contributed by atoms with van der Waals surface area (Å²) in [4.78, 5) is 32.3. The van der Waals surface area contributed by atoms with Gasteiger partial charge in [0.25, 0.3) is 6.47 Å². The molecule has 0 aliphatic heterocycles. The van der Waals surface area contributed by atoms with Gasteiger partial charge in [0.2, 0.25) is 0 Å². The number of aliphatic hydroxyl groups excluding tert-OH is 1. The number of carbonyl (C=O) groups excluding carboxylic acids is 2. The number of hydrogen-bond acceptors (Lipinski definition) is 7. The molecule has 8 nitrogen and oxygen atoms in total. The Kier molecular flexibility index (Phi) is 54.2. The maximum absolute atomic E-state index is 12.7. The van der Waals surface area contributed by atoms with Crippen molar-refractivity contribution in [3.8, 4) is 0 Å². The summed E-state index contributed by atoms with van der Waals surface area (Å²) in [6.07, 6.45) is 39.4. The fourth-order valence-corrected chi connectivity index (χ4v) is 7.02. The summed E-state index contributed by atoms with van der Waals surface area (Å²) in [5, 5.41) is 16.5. The molecule has 0 spiro atoms. The number of aldehydes is 1. The minimum absolute atomic E-state index is 0.0323. The second-order valence-corrected chi connectivity index (χ2v) is 15.5. The number of methoxy groups -OCH3 is 1. The zero-order chi connectivity index (χ0) is 40.6. The van der Waals surface area contributed by atoms with Crippen molar-refractivity contribution in [2.24, 2.45) is 5.92 Å². The van der Waals surface area contributed by atoms with E-state index in [1.54, 1.807) is 7.11 Å². The molecule has 324 valence electrons. The summed E-state index contributed by atoms with van der Waals surface area (Å²) in [6, 6.07) is 0. The molecule has 0 aromatic rings. The molecule has 0 aliphatic carbocycles. The predicted molar refractivity (Wildman–Crippen MR) is 229 cm³/mol. The minimum atomic E-state index is -0.250. The highest BCUT2D eigenvalue weighted by atomic mass is 16.5. The summed E-state index contributed by atoms with van der Waals surface area (Å²) < 4.78 is 11.2. The highest BCUT2D eigenvalue weighted by molar-refractivity contribution is 5.69. The maximum Gasteiger partial charge on any atom is 0.306 e. The van der Waals surface area contributed by atoms with E-state index in [1.165, 1.54) is 174 Å². The van der Waals surface area contributed by atoms with Crippen LogP contribution >= 0.6 is 0 Å². The van der Waals surface area contributed by atoms with Gasteiger partial charge in [-0.05, 0) is 77.3 Å². The van der Waals surface area contributed by atoms with E-state index in [9.17, 15) is 9.90 Å². The van der Waals surface area contributed by atoms with Crippen molar-refractivity contribution in [3.63, 3.8) is 0 Å². The van der Waals surface area contributed by atoms with E-state index in [0.29, 0.717) is 6.42 Å². The van der Waals surface area contributed by atoms with Crippen molar-refractivity contribution in [3.05, 3.63) is 0 Å².